The predicted octanol–water partition coefficient (Wildman–Crippen LogP) is 0.640. The molecule has 2 N–H and O–H groups in total. The van der Waals surface area contributed by atoms with Crippen molar-refractivity contribution >= 4 is 11.9 Å². The number of carboxylic acid groups (broad SMARTS) is 1. The lowest BCUT2D eigenvalue weighted by atomic mass is 10.0. The number of esters is 1. The Balaban J connectivity index is 0.000000288. The van der Waals surface area contributed by atoms with E-state index in [0.717, 1.165) is 19.4 Å². The summed E-state index contributed by atoms with van der Waals surface area (Å²) in [4.78, 5) is 20.1. The second kappa shape index (κ2) is 8.23. The van der Waals surface area contributed by atoms with E-state index in [4.69, 9.17) is 5.11 Å². The van der Waals surface area contributed by atoms with Crippen LogP contribution in [-0.2, 0) is 14.3 Å². The summed E-state index contributed by atoms with van der Waals surface area (Å²) in [5, 5.41) is 11.5. The molecule has 0 aromatic rings. The molecule has 0 saturated carbocycles. The van der Waals surface area contributed by atoms with Gasteiger partial charge in [0, 0.05) is 13.5 Å². The van der Waals surface area contributed by atoms with E-state index in [0.29, 0.717) is 13.2 Å². The highest BCUT2D eigenvalue weighted by Gasteiger charge is 2.18. The summed E-state index contributed by atoms with van der Waals surface area (Å²) < 4.78 is 4.40. The van der Waals surface area contributed by atoms with E-state index < -0.39 is 5.97 Å². The maximum absolute atomic E-state index is 10.3. The van der Waals surface area contributed by atoms with Crippen molar-refractivity contribution in [2.45, 2.75) is 26.7 Å². The quantitative estimate of drug-likeness (QED) is 0.664. The van der Waals surface area contributed by atoms with Crippen LogP contribution in [0.5, 0.6) is 0 Å². The Morgan fingerprint density at radius 1 is 1.53 bits per heavy atom. The fourth-order valence-electron chi connectivity index (χ4n) is 1.27. The van der Waals surface area contributed by atoms with Crippen LogP contribution in [0.2, 0.25) is 0 Å². The predicted molar refractivity (Wildman–Crippen MR) is 55.5 cm³/mol. The molecule has 88 valence electrons. The van der Waals surface area contributed by atoms with Gasteiger partial charge in [-0.15, -0.1) is 0 Å². The zero-order valence-electron chi connectivity index (χ0n) is 9.28. The normalized spacial score (nSPS) is 19.7. The standard InChI is InChI=1S/C6H11NO2.C4H8O2/c8-6(9)5-2-1-3-7-4-5;1-3-6-4(2)5/h5,7H,1-4H2,(H,8,9);3H2,1-2H3. The van der Waals surface area contributed by atoms with Gasteiger partial charge in [-0.2, -0.15) is 0 Å². The number of aliphatic carboxylic acids is 1. The second-order valence-electron chi connectivity index (χ2n) is 3.31. The van der Waals surface area contributed by atoms with Crippen molar-refractivity contribution < 1.29 is 19.4 Å². The number of carboxylic acids is 1. The average Bonchev–Trinajstić information content (AvgIpc) is 2.20. The Labute approximate surface area is 89.8 Å². The van der Waals surface area contributed by atoms with Crippen LogP contribution < -0.4 is 5.32 Å². The van der Waals surface area contributed by atoms with Crippen molar-refractivity contribution in [1.82, 2.24) is 5.32 Å². The maximum Gasteiger partial charge on any atom is 0.307 e. The van der Waals surface area contributed by atoms with Gasteiger partial charge in [-0.05, 0) is 26.3 Å². The summed E-state index contributed by atoms with van der Waals surface area (Å²) in [7, 11) is 0. The lowest BCUT2D eigenvalue weighted by Crippen LogP contribution is -2.34. The number of hydrogen-bond acceptors (Lipinski definition) is 4. The Morgan fingerprint density at radius 3 is 2.40 bits per heavy atom. The molecule has 15 heavy (non-hydrogen) atoms. The fraction of sp³-hybridized carbons (Fsp3) is 0.800. The van der Waals surface area contributed by atoms with E-state index in [9.17, 15) is 9.59 Å². The zero-order valence-corrected chi connectivity index (χ0v) is 9.28. The average molecular weight is 217 g/mol. The van der Waals surface area contributed by atoms with Gasteiger partial charge in [0.1, 0.15) is 0 Å². The number of carbonyl (C=O) groups is 2. The summed E-state index contributed by atoms with van der Waals surface area (Å²) in [6.07, 6.45) is 1.83. The lowest BCUT2D eigenvalue weighted by Gasteiger charge is -2.18. The highest BCUT2D eigenvalue weighted by molar-refractivity contribution is 5.70. The van der Waals surface area contributed by atoms with Crippen molar-refractivity contribution in [3.63, 3.8) is 0 Å². The van der Waals surface area contributed by atoms with Crippen molar-refractivity contribution in [1.29, 1.82) is 0 Å². The minimum absolute atomic E-state index is 0.140. The third-order valence-electron chi connectivity index (χ3n) is 1.99. The maximum atomic E-state index is 10.3. The molecule has 0 aromatic carbocycles. The molecule has 1 aliphatic heterocycles. The molecule has 5 nitrogen and oxygen atoms in total. The van der Waals surface area contributed by atoms with Crippen molar-refractivity contribution in [3.05, 3.63) is 0 Å². The Kier molecular flexibility index (Phi) is 7.62. The highest BCUT2D eigenvalue weighted by atomic mass is 16.5. The van der Waals surface area contributed by atoms with Gasteiger partial charge in [-0.3, -0.25) is 9.59 Å². The van der Waals surface area contributed by atoms with Gasteiger partial charge in [-0.25, -0.2) is 0 Å². The van der Waals surface area contributed by atoms with E-state index in [2.05, 4.69) is 10.1 Å². The molecular weight excluding hydrogens is 198 g/mol. The first-order chi connectivity index (χ1) is 7.07. The van der Waals surface area contributed by atoms with Crippen molar-refractivity contribution in [3.8, 4) is 0 Å². The third kappa shape index (κ3) is 7.93. The summed E-state index contributed by atoms with van der Waals surface area (Å²) >= 11 is 0. The van der Waals surface area contributed by atoms with E-state index in [1.165, 1.54) is 6.92 Å². The van der Waals surface area contributed by atoms with E-state index >= 15 is 0 Å². The Morgan fingerprint density at radius 2 is 2.20 bits per heavy atom. The number of hydrogen-bond donors (Lipinski definition) is 2. The summed E-state index contributed by atoms with van der Waals surface area (Å²) in [5.41, 5.74) is 0. The van der Waals surface area contributed by atoms with Crippen LogP contribution in [0.1, 0.15) is 26.7 Å². The first-order valence-corrected chi connectivity index (χ1v) is 5.14. The van der Waals surface area contributed by atoms with Crippen LogP contribution >= 0.6 is 0 Å². The molecule has 1 rings (SSSR count). The molecule has 1 saturated heterocycles. The van der Waals surface area contributed by atoms with Crippen molar-refractivity contribution in [2.75, 3.05) is 19.7 Å². The molecule has 0 amide bonds. The van der Waals surface area contributed by atoms with Gasteiger partial charge in [0.05, 0.1) is 12.5 Å². The van der Waals surface area contributed by atoms with Gasteiger partial charge >= 0.3 is 11.9 Å². The first-order valence-electron chi connectivity index (χ1n) is 5.14. The molecule has 1 aliphatic rings. The minimum Gasteiger partial charge on any atom is -0.481 e. The van der Waals surface area contributed by atoms with Gasteiger partial charge in [-0.1, -0.05) is 0 Å². The summed E-state index contributed by atoms with van der Waals surface area (Å²) in [6, 6.07) is 0. The summed E-state index contributed by atoms with van der Waals surface area (Å²) in [5.74, 6) is -1.02. The molecule has 5 heteroatoms. The highest BCUT2D eigenvalue weighted by Crippen LogP contribution is 2.08. The minimum atomic E-state index is -0.665. The van der Waals surface area contributed by atoms with Gasteiger partial charge in [0.25, 0.3) is 0 Å². The van der Waals surface area contributed by atoms with Gasteiger partial charge < -0.3 is 15.2 Å². The topological polar surface area (TPSA) is 75.6 Å². The largest absolute Gasteiger partial charge is 0.481 e. The molecule has 1 atom stereocenters. The number of carbonyl (C=O) groups excluding carboxylic acids is 1. The third-order valence-corrected chi connectivity index (χ3v) is 1.99. The molecule has 0 aromatic heterocycles. The number of nitrogens with one attached hydrogen (secondary N) is 1. The van der Waals surface area contributed by atoms with E-state index in [1.54, 1.807) is 6.92 Å². The Hall–Kier alpha value is -1.10. The monoisotopic (exact) mass is 217 g/mol. The molecule has 0 radical (unpaired) electrons. The number of ether oxygens (including phenoxy) is 1. The number of piperidine rings is 1. The van der Waals surface area contributed by atoms with Crippen LogP contribution in [0.25, 0.3) is 0 Å². The van der Waals surface area contributed by atoms with E-state index in [1.807, 2.05) is 0 Å². The molecule has 1 heterocycles. The smallest absolute Gasteiger partial charge is 0.307 e. The zero-order chi connectivity index (χ0) is 11.7. The molecule has 1 fully saturated rings. The van der Waals surface area contributed by atoms with E-state index in [-0.39, 0.29) is 11.9 Å². The van der Waals surface area contributed by atoms with Gasteiger partial charge in [0.15, 0.2) is 0 Å². The fourth-order valence-corrected chi connectivity index (χ4v) is 1.27. The lowest BCUT2D eigenvalue weighted by molar-refractivity contribution is -0.142. The Bertz CT molecular complexity index is 200. The van der Waals surface area contributed by atoms with Crippen LogP contribution in [0.3, 0.4) is 0 Å². The van der Waals surface area contributed by atoms with Crippen LogP contribution in [-0.4, -0.2) is 36.7 Å². The molecule has 1 unspecified atom stereocenters. The van der Waals surface area contributed by atoms with Crippen LogP contribution in [0, 0.1) is 5.92 Å². The molecule has 0 spiro atoms. The van der Waals surface area contributed by atoms with Gasteiger partial charge in [0.2, 0.25) is 0 Å². The summed E-state index contributed by atoms with van der Waals surface area (Å²) in [6.45, 7) is 5.28. The van der Waals surface area contributed by atoms with Crippen LogP contribution in [0.15, 0.2) is 0 Å². The first kappa shape index (κ1) is 13.9. The molecule has 0 aliphatic carbocycles. The molecule has 0 bridgehead atoms. The SMILES string of the molecule is CCOC(C)=O.O=C(O)C1CCCNC1. The second-order valence-corrected chi connectivity index (χ2v) is 3.31. The number of rotatable bonds is 2. The van der Waals surface area contributed by atoms with Crippen LogP contribution in [0.4, 0.5) is 0 Å². The molecular formula is C10H19NO4. The van der Waals surface area contributed by atoms with Crippen molar-refractivity contribution in [2.24, 2.45) is 5.92 Å².